The molecule has 0 N–H and O–H groups in total. The van der Waals surface area contributed by atoms with Crippen molar-refractivity contribution in [3.8, 4) is 0 Å². The van der Waals surface area contributed by atoms with Crippen molar-refractivity contribution in [2.45, 2.75) is 39.0 Å². The van der Waals surface area contributed by atoms with E-state index in [0.29, 0.717) is 0 Å². The predicted octanol–water partition coefficient (Wildman–Crippen LogP) is 6.17. The smallest absolute Gasteiger partial charge is 0.00228 e. The minimum atomic E-state index is 0.150. The standard InChI is InChI=1S/C24H26/c1-24(2,3)23-18-21(16-19-10-6-4-7-11-19)14-15-22(23)17-20-12-8-5-9-13-20/h4-15,18H,16-17H2,1-3H3. The van der Waals surface area contributed by atoms with Gasteiger partial charge in [0.2, 0.25) is 0 Å². The maximum absolute atomic E-state index is 2.41. The SMILES string of the molecule is CC(C)(C)c1cc(Cc2ccccc2)ccc1Cc1ccccc1. The summed E-state index contributed by atoms with van der Waals surface area (Å²) in [7, 11) is 0. The zero-order chi connectivity index (χ0) is 17.0. The van der Waals surface area contributed by atoms with Gasteiger partial charge in [0.25, 0.3) is 0 Å². The molecule has 0 saturated heterocycles. The van der Waals surface area contributed by atoms with Crippen LogP contribution < -0.4 is 0 Å². The molecule has 24 heavy (non-hydrogen) atoms. The van der Waals surface area contributed by atoms with Gasteiger partial charge in [0.15, 0.2) is 0 Å². The first-order chi connectivity index (χ1) is 11.5. The summed E-state index contributed by atoms with van der Waals surface area (Å²) in [4.78, 5) is 0. The van der Waals surface area contributed by atoms with Crippen LogP contribution in [0.3, 0.4) is 0 Å². The number of hydrogen-bond donors (Lipinski definition) is 0. The second kappa shape index (κ2) is 7.05. The zero-order valence-electron chi connectivity index (χ0n) is 14.9. The maximum atomic E-state index is 2.41. The summed E-state index contributed by atoms with van der Waals surface area (Å²) < 4.78 is 0. The third kappa shape index (κ3) is 4.14. The zero-order valence-corrected chi connectivity index (χ0v) is 14.9. The predicted molar refractivity (Wildman–Crippen MR) is 104 cm³/mol. The monoisotopic (exact) mass is 314 g/mol. The third-order valence-electron chi connectivity index (χ3n) is 4.47. The van der Waals surface area contributed by atoms with Gasteiger partial charge in [0, 0.05) is 0 Å². The molecule has 0 saturated carbocycles. The van der Waals surface area contributed by atoms with Gasteiger partial charge in [-0.15, -0.1) is 0 Å². The molecule has 3 rings (SSSR count). The van der Waals surface area contributed by atoms with E-state index in [9.17, 15) is 0 Å². The van der Waals surface area contributed by atoms with Crippen molar-refractivity contribution in [3.05, 3.63) is 107 Å². The molecule has 0 aliphatic heterocycles. The fourth-order valence-electron chi connectivity index (χ4n) is 3.23. The van der Waals surface area contributed by atoms with E-state index in [1.165, 1.54) is 27.8 Å². The molecule has 0 heteroatoms. The second-order valence-electron chi connectivity index (χ2n) is 7.57. The molecule has 0 spiro atoms. The molecule has 3 aromatic carbocycles. The first kappa shape index (κ1) is 16.5. The molecule has 0 radical (unpaired) electrons. The lowest BCUT2D eigenvalue weighted by Crippen LogP contribution is -2.15. The van der Waals surface area contributed by atoms with Crippen LogP contribution in [0.2, 0.25) is 0 Å². The van der Waals surface area contributed by atoms with Crippen LogP contribution in [0.15, 0.2) is 78.9 Å². The van der Waals surface area contributed by atoms with Crippen molar-refractivity contribution in [3.63, 3.8) is 0 Å². The van der Waals surface area contributed by atoms with Crippen LogP contribution in [0.5, 0.6) is 0 Å². The molecule has 0 amide bonds. The molecule has 0 heterocycles. The molecular weight excluding hydrogens is 288 g/mol. The van der Waals surface area contributed by atoms with Crippen LogP contribution in [0.4, 0.5) is 0 Å². The van der Waals surface area contributed by atoms with Gasteiger partial charge >= 0.3 is 0 Å². The summed E-state index contributed by atoms with van der Waals surface area (Å²) in [6.45, 7) is 6.93. The van der Waals surface area contributed by atoms with Crippen LogP contribution in [0, 0.1) is 0 Å². The molecule has 0 aromatic heterocycles. The highest BCUT2D eigenvalue weighted by molar-refractivity contribution is 5.41. The van der Waals surface area contributed by atoms with Gasteiger partial charge in [0.1, 0.15) is 0 Å². The molecule has 3 aromatic rings. The highest BCUT2D eigenvalue weighted by Crippen LogP contribution is 2.29. The fourth-order valence-corrected chi connectivity index (χ4v) is 3.23. The highest BCUT2D eigenvalue weighted by Gasteiger charge is 2.18. The molecule has 0 atom stereocenters. The summed E-state index contributed by atoms with van der Waals surface area (Å²) in [6, 6.07) is 28.5. The number of rotatable bonds is 4. The Morgan fingerprint density at radius 3 is 1.67 bits per heavy atom. The van der Waals surface area contributed by atoms with Gasteiger partial charge in [0.05, 0.1) is 0 Å². The maximum Gasteiger partial charge on any atom is -0.00228 e. The Balaban J connectivity index is 1.92. The van der Waals surface area contributed by atoms with Crippen molar-refractivity contribution < 1.29 is 0 Å². The summed E-state index contributed by atoms with van der Waals surface area (Å²) in [5, 5.41) is 0. The van der Waals surface area contributed by atoms with Crippen molar-refractivity contribution >= 4 is 0 Å². The Hall–Kier alpha value is -2.34. The van der Waals surface area contributed by atoms with Gasteiger partial charge < -0.3 is 0 Å². The Morgan fingerprint density at radius 2 is 1.12 bits per heavy atom. The van der Waals surface area contributed by atoms with Gasteiger partial charge in [-0.3, -0.25) is 0 Å². The largest absolute Gasteiger partial charge is 0.0622 e. The fraction of sp³-hybridized carbons (Fsp3) is 0.250. The molecule has 0 aliphatic rings. The van der Waals surface area contributed by atoms with E-state index in [4.69, 9.17) is 0 Å². The van der Waals surface area contributed by atoms with Crippen LogP contribution in [-0.4, -0.2) is 0 Å². The van der Waals surface area contributed by atoms with E-state index < -0.39 is 0 Å². The molecule has 0 nitrogen and oxygen atoms in total. The molecule has 122 valence electrons. The summed E-state index contributed by atoms with van der Waals surface area (Å²) in [5.41, 5.74) is 7.18. The lowest BCUT2D eigenvalue weighted by molar-refractivity contribution is 0.583. The third-order valence-corrected chi connectivity index (χ3v) is 4.47. The van der Waals surface area contributed by atoms with Crippen molar-refractivity contribution in [2.75, 3.05) is 0 Å². The van der Waals surface area contributed by atoms with Crippen molar-refractivity contribution in [2.24, 2.45) is 0 Å². The van der Waals surface area contributed by atoms with E-state index in [1.54, 1.807) is 0 Å². The van der Waals surface area contributed by atoms with Crippen molar-refractivity contribution in [1.29, 1.82) is 0 Å². The van der Waals surface area contributed by atoms with Crippen LogP contribution in [0.25, 0.3) is 0 Å². The number of benzene rings is 3. The summed E-state index contributed by atoms with van der Waals surface area (Å²) in [5.74, 6) is 0. The van der Waals surface area contributed by atoms with E-state index in [-0.39, 0.29) is 5.41 Å². The first-order valence-electron chi connectivity index (χ1n) is 8.72. The highest BCUT2D eigenvalue weighted by atomic mass is 14.2. The van der Waals surface area contributed by atoms with Crippen LogP contribution in [-0.2, 0) is 18.3 Å². The van der Waals surface area contributed by atoms with Gasteiger partial charge in [-0.2, -0.15) is 0 Å². The van der Waals surface area contributed by atoms with Crippen LogP contribution >= 0.6 is 0 Å². The van der Waals surface area contributed by atoms with Gasteiger partial charge in [-0.05, 0) is 46.1 Å². The topological polar surface area (TPSA) is 0 Å². The molecule has 0 fully saturated rings. The lowest BCUT2D eigenvalue weighted by atomic mass is 9.81. The van der Waals surface area contributed by atoms with Crippen molar-refractivity contribution in [1.82, 2.24) is 0 Å². The van der Waals surface area contributed by atoms with Gasteiger partial charge in [-0.1, -0.05) is 99.6 Å². The average molecular weight is 314 g/mol. The Morgan fingerprint density at radius 1 is 0.583 bits per heavy atom. The minimum Gasteiger partial charge on any atom is -0.0622 e. The van der Waals surface area contributed by atoms with E-state index >= 15 is 0 Å². The lowest BCUT2D eigenvalue weighted by Gasteiger charge is -2.24. The average Bonchev–Trinajstić information content (AvgIpc) is 2.57. The van der Waals surface area contributed by atoms with E-state index in [1.807, 2.05) is 0 Å². The molecule has 0 unspecified atom stereocenters. The first-order valence-corrected chi connectivity index (χ1v) is 8.72. The normalized spacial score (nSPS) is 11.5. The second-order valence-corrected chi connectivity index (χ2v) is 7.57. The molecule has 0 aliphatic carbocycles. The molecule has 0 bridgehead atoms. The Kier molecular flexibility index (Phi) is 4.85. The molecular formula is C24H26. The summed E-state index contributed by atoms with van der Waals surface area (Å²) >= 11 is 0. The van der Waals surface area contributed by atoms with Crippen LogP contribution in [0.1, 0.15) is 48.6 Å². The minimum absolute atomic E-state index is 0.150. The quantitative estimate of drug-likeness (QED) is 0.540. The number of hydrogen-bond acceptors (Lipinski definition) is 0. The summed E-state index contributed by atoms with van der Waals surface area (Å²) in [6.07, 6.45) is 1.99. The Labute approximate surface area is 146 Å². The van der Waals surface area contributed by atoms with E-state index in [0.717, 1.165) is 12.8 Å². The van der Waals surface area contributed by atoms with Gasteiger partial charge in [-0.25, -0.2) is 0 Å². The Bertz CT molecular complexity index is 777. The van der Waals surface area contributed by atoms with E-state index in [2.05, 4.69) is 99.6 Å².